The van der Waals surface area contributed by atoms with Gasteiger partial charge in [0.1, 0.15) is 5.82 Å². The highest BCUT2D eigenvalue weighted by Gasteiger charge is 2.18. The number of aryl methyl sites for hydroxylation is 1. The summed E-state index contributed by atoms with van der Waals surface area (Å²) in [5.74, 6) is 0.0103. The summed E-state index contributed by atoms with van der Waals surface area (Å²) in [6, 6.07) is 13.3. The lowest BCUT2D eigenvalue weighted by Crippen LogP contribution is -2.14. The fourth-order valence-corrected chi connectivity index (χ4v) is 2.30. The predicted molar refractivity (Wildman–Crippen MR) is 87.5 cm³/mol. The Morgan fingerprint density at radius 3 is 2.78 bits per heavy atom. The summed E-state index contributed by atoms with van der Waals surface area (Å²) >= 11 is 6.22. The zero-order valence-electron chi connectivity index (χ0n) is 12.4. The maximum Gasteiger partial charge on any atom is 0.280 e. The zero-order chi connectivity index (χ0) is 16.2. The Morgan fingerprint density at radius 2 is 2.04 bits per heavy atom. The quantitative estimate of drug-likeness (QED) is 0.799. The molecule has 0 aliphatic carbocycles. The average molecular weight is 328 g/mol. The third-order valence-electron chi connectivity index (χ3n) is 3.22. The van der Waals surface area contributed by atoms with Crippen LogP contribution >= 0.6 is 11.6 Å². The van der Waals surface area contributed by atoms with Crippen molar-refractivity contribution in [2.24, 2.45) is 0 Å². The van der Waals surface area contributed by atoms with Gasteiger partial charge >= 0.3 is 0 Å². The lowest BCUT2D eigenvalue weighted by molar-refractivity contribution is 0.102. The Morgan fingerprint density at radius 1 is 1.26 bits per heavy atom. The van der Waals surface area contributed by atoms with Crippen LogP contribution in [0.15, 0.2) is 48.7 Å². The van der Waals surface area contributed by atoms with Crippen LogP contribution in [0.2, 0.25) is 5.15 Å². The van der Waals surface area contributed by atoms with Crippen molar-refractivity contribution in [1.82, 2.24) is 20.0 Å². The molecule has 0 saturated carbocycles. The molecule has 116 valence electrons. The van der Waals surface area contributed by atoms with Crippen LogP contribution in [-0.4, -0.2) is 25.9 Å². The van der Waals surface area contributed by atoms with Gasteiger partial charge in [0.05, 0.1) is 6.54 Å². The number of anilines is 1. The smallest absolute Gasteiger partial charge is 0.280 e. The van der Waals surface area contributed by atoms with Crippen LogP contribution in [0, 0.1) is 6.92 Å². The van der Waals surface area contributed by atoms with Gasteiger partial charge < -0.3 is 5.32 Å². The molecule has 0 unspecified atom stereocenters. The molecule has 0 aliphatic heterocycles. The van der Waals surface area contributed by atoms with Gasteiger partial charge in [-0.15, -0.1) is 5.10 Å². The maximum absolute atomic E-state index is 12.3. The molecule has 23 heavy (non-hydrogen) atoms. The largest absolute Gasteiger partial charge is 0.305 e. The number of benzene rings is 1. The number of halogens is 1. The van der Waals surface area contributed by atoms with Gasteiger partial charge in [-0.3, -0.25) is 4.79 Å². The number of nitrogens with one attached hydrogen (secondary N) is 1. The minimum absolute atomic E-state index is 0.0749. The molecule has 0 spiro atoms. The van der Waals surface area contributed by atoms with Crippen molar-refractivity contribution < 1.29 is 4.79 Å². The molecular weight excluding hydrogens is 314 g/mol. The van der Waals surface area contributed by atoms with Crippen LogP contribution in [0.4, 0.5) is 5.82 Å². The summed E-state index contributed by atoms with van der Waals surface area (Å²) in [6.07, 6.45) is 1.62. The molecule has 7 heteroatoms. The fraction of sp³-hybridized carbons (Fsp3) is 0.125. The van der Waals surface area contributed by atoms with E-state index in [-0.39, 0.29) is 10.8 Å². The number of nitrogens with zero attached hydrogens (tertiary/aromatic N) is 4. The van der Waals surface area contributed by atoms with E-state index < -0.39 is 5.91 Å². The second-order valence-corrected chi connectivity index (χ2v) is 5.40. The Balaban J connectivity index is 1.77. The lowest BCUT2D eigenvalue weighted by Gasteiger charge is -2.04. The van der Waals surface area contributed by atoms with Gasteiger partial charge in [0.25, 0.3) is 5.91 Å². The monoisotopic (exact) mass is 327 g/mol. The van der Waals surface area contributed by atoms with E-state index in [4.69, 9.17) is 11.6 Å². The topological polar surface area (TPSA) is 72.7 Å². The third kappa shape index (κ3) is 3.54. The third-order valence-corrected chi connectivity index (χ3v) is 3.60. The minimum atomic E-state index is -0.438. The van der Waals surface area contributed by atoms with Crippen LogP contribution in [0.25, 0.3) is 0 Å². The zero-order valence-corrected chi connectivity index (χ0v) is 13.2. The normalized spacial score (nSPS) is 10.5. The molecular formula is C16H14ClN5O. The first-order valence-corrected chi connectivity index (χ1v) is 7.38. The molecule has 0 radical (unpaired) electrons. The van der Waals surface area contributed by atoms with Crippen LogP contribution < -0.4 is 5.32 Å². The number of rotatable bonds is 4. The van der Waals surface area contributed by atoms with Crippen molar-refractivity contribution in [2.75, 3.05) is 5.32 Å². The first-order valence-electron chi connectivity index (χ1n) is 7.00. The number of hydrogen-bond acceptors (Lipinski definition) is 4. The number of carbonyl (C=O) groups excluding carboxylic acids is 1. The van der Waals surface area contributed by atoms with E-state index in [1.807, 2.05) is 43.3 Å². The minimum Gasteiger partial charge on any atom is -0.305 e. The summed E-state index contributed by atoms with van der Waals surface area (Å²) in [5, 5.41) is 10.7. The molecule has 2 heterocycles. The molecule has 6 nitrogen and oxygen atoms in total. The van der Waals surface area contributed by atoms with E-state index in [2.05, 4.69) is 20.6 Å². The van der Waals surface area contributed by atoms with Gasteiger partial charge in [-0.1, -0.05) is 47.1 Å². The SMILES string of the molecule is Cc1ccnc(NC(=O)c2nnn(Cc3ccccc3)c2Cl)c1. The summed E-state index contributed by atoms with van der Waals surface area (Å²) in [5.41, 5.74) is 2.09. The molecule has 3 rings (SSSR count). The lowest BCUT2D eigenvalue weighted by atomic mass is 10.2. The molecule has 0 saturated heterocycles. The highest BCUT2D eigenvalue weighted by molar-refractivity contribution is 6.33. The van der Waals surface area contributed by atoms with Crippen molar-refractivity contribution in [2.45, 2.75) is 13.5 Å². The second kappa shape index (κ2) is 6.58. The van der Waals surface area contributed by atoms with Crippen LogP contribution in [-0.2, 0) is 6.54 Å². The van der Waals surface area contributed by atoms with E-state index in [1.165, 1.54) is 4.68 Å². The number of amides is 1. The average Bonchev–Trinajstić information content (AvgIpc) is 2.89. The van der Waals surface area contributed by atoms with E-state index >= 15 is 0 Å². The van der Waals surface area contributed by atoms with E-state index in [0.29, 0.717) is 12.4 Å². The van der Waals surface area contributed by atoms with E-state index in [9.17, 15) is 4.79 Å². The molecule has 0 aliphatic rings. The van der Waals surface area contributed by atoms with Gasteiger partial charge in [0, 0.05) is 6.20 Å². The summed E-state index contributed by atoms with van der Waals surface area (Å²) < 4.78 is 1.48. The molecule has 2 aromatic heterocycles. The van der Waals surface area contributed by atoms with Crippen LogP contribution in [0.1, 0.15) is 21.6 Å². The van der Waals surface area contributed by atoms with Crippen LogP contribution in [0.3, 0.4) is 0 Å². The summed E-state index contributed by atoms with van der Waals surface area (Å²) in [6.45, 7) is 2.36. The number of pyridine rings is 1. The Labute approximate surface area is 138 Å². The van der Waals surface area contributed by atoms with Crippen molar-refractivity contribution in [3.63, 3.8) is 0 Å². The Hall–Kier alpha value is -2.73. The van der Waals surface area contributed by atoms with Crippen molar-refractivity contribution >= 4 is 23.3 Å². The highest BCUT2D eigenvalue weighted by Crippen LogP contribution is 2.16. The number of aromatic nitrogens is 4. The summed E-state index contributed by atoms with van der Waals surface area (Å²) in [7, 11) is 0. The fourth-order valence-electron chi connectivity index (χ4n) is 2.08. The standard InChI is InChI=1S/C16H14ClN5O/c1-11-7-8-18-13(9-11)19-16(23)14-15(17)22(21-20-14)10-12-5-3-2-4-6-12/h2-9H,10H2,1H3,(H,18,19,23). The van der Waals surface area contributed by atoms with Gasteiger partial charge in [-0.2, -0.15) is 0 Å². The number of carbonyl (C=O) groups is 1. The number of hydrogen-bond donors (Lipinski definition) is 1. The molecule has 1 amide bonds. The van der Waals surface area contributed by atoms with Gasteiger partial charge in [-0.05, 0) is 30.2 Å². The predicted octanol–water partition coefficient (Wildman–Crippen LogP) is 2.94. The Bertz CT molecular complexity index is 831. The van der Waals surface area contributed by atoms with E-state index in [0.717, 1.165) is 11.1 Å². The van der Waals surface area contributed by atoms with Crippen LogP contribution in [0.5, 0.6) is 0 Å². The molecule has 0 atom stereocenters. The van der Waals surface area contributed by atoms with Crippen molar-refractivity contribution in [3.8, 4) is 0 Å². The van der Waals surface area contributed by atoms with Crippen molar-refractivity contribution in [3.05, 3.63) is 70.6 Å². The van der Waals surface area contributed by atoms with Gasteiger partial charge in [0.2, 0.25) is 0 Å². The molecule has 3 aromatic rings. The van der Waals surface area contributed by atoms with Gasteiger partial charge in [-0.25, -0.2) is 9.67 Å². The molecule has 1 aromatic carbocycles. The second-order valence-electron chi connectivity index (χ2n) is 5.04. The first-order chi connectivity index (χ1) is 11.1. The highest BCUT2D eigenvalue weighted by atomic mass is 35.5. The molecule has 0 fully saturated rings. The van der Waals surface area contributed by atoms with Gasteiger partial charge in [0.15, 0.2) is 10.8 Å². The molecule has 0 bridgehead atoms. The summed E-state index contributed by atoms with van der Waals surface area (Å²) in [4.78, 5) is 16.3. The maximum atomic E-state index is 12.3. The Kier molecular flexibility index (Phi) is 4.34. The van der Waals surface area contributed by atoms with E-state index in [1.54, 1.807) is 12.3 Å². The van der Waals surface area contributed by atoms with Crippen molar-refractivity contribution in [1.29, 1.82) is 0 Å². The first kappa shape index (κ1) is 15.2. The molecule has 1 N–H and O–H groups in total.